The van der Waals surface area contributed by atoms with Gasteiger partial charge in [0, 0.05) is 35.2 Å². The zero-order valence-corrected chi connectivity index (χ0v) is 10.4. The van der Waals surface area contributed by atoms with Gasteiger partial charge in [-0.3, -0.25) is 0 Å². The summed E-state index contributed by atoms with van der Waals surface area (Å²) < 4.78 is 3.14. The molecule has 0 aliphatic carbocycles. The van der Waals surface area contributed by atoms with Crippen molar-refractivity contribution in [1.29, 1.82) is 0 Å². The number of aromatic nitrogens is 2. The van der Waals surface area contributed by atoms with Crippen LogP contribution in [0.1, 0.15) is 11.3 Å². The van der Waals surface area contributed by atoms with E-state index in [1.54, 1.807) is 0 Å². The molecule has 3 nitrogen and oxygen atoms in total. The average molecular weight is 278 g/mol. The van der Waals surface area contributed by atoms with E-state index >= 15 is 0 Å². The molecule has 2 heterocycles. The molecular weight excluding hydrogens is 266 g/mol. The van der Waals surface area contributed by atoms with Crippen LogP contribution in [0, 0.1) is 0 Å². The fraction of sp³-hybridized carbons (Fsp3) is 0.250. The summed E-state index contributed by atoms with van der Waals surface area (Å²) in [5.74, 6) is 0. The number of fused-ring (bicyclic) bond motifs is 1. The fourth-order valence-corrected chi connectivity index (χ4v) is 2.32. The molecule has 1 N–H and O–H groups in total. The number of hydrogen-bond donors (Lipinski definition) is 1. The minimum absolute atomic E-state index is 0.936. The summed E-state index contributed by atoms with van der Waals surface area (Å²) in [7, 11) is 0. The quantitative estimate of drug-likeness (QED) is 0.867. The minimum atomic E-state index is 0.936. The number of benzene rings is 1. The van der Waals surface area contributed by atoms with Crippen molar-refractivity contribution in [3.63, 3.8) is 0 Å². The van der Waals surface area contributed by atoms with Crippen LogP contribution >= 0.6 is 15.9 Å². The number of halogens is 1. The molecule has 1 aromatic carbocycles. The maximum atomic E-state index is 4.46. The third-order valence-corrected chi connectivity index (χ3v) is 3.41. The van der Waals surface area contributed by atoms with Crippen LogP contribution in [0.3, 0.4) is 0 Å². The van der Waals surface area contributed by atoms with Crippen molar-refractivity contribution >= 4 is 15.9 Å². The maximum Gasteiger partial charge on any atom is 0.0649 e. The molecule has 2 aromatic rings. The van der Waals surface area contributed by atoms with Crippen LogP contribution < -0.4 is 5.32 Å². The summed E-state index contributed by atoms with van der Waals surface area (Å²) in [6.45, 7) is 1.97. The molecule has 0 fully saturated rings. The molecule has 82 valence electrons. The Labute approximate surface area is 103 Å². The Hall–Kier alpha value is -1.13. The predicted molar refractivity (Wildman–Crippen MR) is 66.7 cm³/mol. The summed E-state index contributed by atoms with van der Waals surface area (Å²) in [5, 5.41) is 7.81. The van der Waals surface area contributed by atoms with Gasteiger partial charge in [-0.1, -0.05) is 15.9 Å². The molecule has 0 spiro atoms. The van der Waals surface area contributed by atoms with E-state index in [9.17, 15) is 0 Å². The van der Waals surface area contributed by atoms with E-state index in [-0.39, 0.29) is 0 Å². The molecular formula is C12H12BrN3. The lowest BCUT2D eigenvalue weighted by atomic mass is 10.1. The molecule has 0 saturated heterocycles. The normalized spacial score (nSPS) is 14.8. The van der Waals surface area contributed by atoms with E-state index < -0.39 is 0 Å². The summed E-state index contributed by atoms with van der Waals surface area (Å²) in [6.07, 6.45) is 3.01. The van der Waals surface area contributed by atoms with Crippen LogP contribution in [0.25, 0.3) is 5.69 Å². The predicted octanol–water partition coefficient (Wildman–Crippen LogP) is 2.28. The molecule has 16 heavy (non-hydrogen) atoms. The van der Waals surface area contributed by atoms with Crippen LogP contribution in [0.15, 0.2) is 34.9 Å². The Morgan fingerprint density at radius 3 is 2.88 bits per heavy atom. The molecule has 0 bridgehead atoms. The second-order valence-electron chi connectivity index (χ2n) is 3.93. The summed E-state index contributed by atoms with van der Waals surface area (Å²) >= 11 is 3.44. The topological polar surface area (TPSA) is 29.9 Å². The lowest BCUT2D eigenvalue weighted by Gasteiger charge is -2.15. The van der Waals surface area contributed by atoms with Gasteiger partial charge in [-0.25, -0.2) is 4.68 Å². The third kappa shape index (κ3) is 1.68. The lowest BCUT2D eigenvalue weighted by Crippen LogP contribution is -2.24. The molecule has 3 rings (SSSR count). The lowest BCUT2D eigenvalue weighted by molar-refractivity contribution is 0.623. The highest BCUT2D eigenvalue weighted by molar-refractivity contribution is 9.10. The molecule has 0 amide bonds. The van der Waals surface area contributed by atoms with E-state index in [4.69, 9.17) is 0 Å². The van der Waals surface area contributed by atoms with Gasteiger partial charge in [0.25, 0.3) is 0 Å². The van der Waals surface area contributed by atoms with Gasteiger partial charge in [0.15, 0.2) is 0 Å². The fourth-order valence-electron chi connectivity index (χ4n) is 2.06. The van der Waals surface area contributed by atoms with Crippen LogP contribution in [0.2, 0.25) is 0 Å². The van der Waals surface area contributed by atoms with Crippen LogP contribution in [0.4, 0.5) is 0 Å². The van der Waals surface area contributed by atoms with Crippen LogP contribution in [-0.2, 0) is 13.0 Å². The Morgan fingerprint density at radius 2 is 2.06 bits per heavy atom. The highest BCUT2D eigenvalue weighted by Gasteiger charge is 2.15. The van der Waals surface area contributed by atoms with Crippen molar-refractivity contribution in [2.75, 3.05) is 6.54 Å². The Morgan fingerprint density at radius 1 is 1.25 bits per heavy atom. The number of nitrogens with one attached hydrogen (secondary N) is 1. The second kappa shape index (κ2) is 4.03. The molecule has 1 aliphatic heterocycles. The van der Waals surface area contributed by atoms with E-state index in [0.717, 1.165) is 29.7 Å². The third-order valence-electron chi connectivity index (χ3n) is 2.88. The molecule has 1 aromatic heterocycles. The van der Waals surface area contributed by atoms with Gasteiger partial charge in [0.1, 0.15) is 0 Å². The number of rotatable bonds is 1. The first-order valence-corrected chi connectivity index (χ1v) is 6.16. The SMILES string of the molecule is Brc1ccc(-n2ncc3c2CCNC3)cc1. The minimum Gasteiger partial charge on any atom is -0.312 e. The van der Waals surface area contributed by atoms with Crippen molar-refractivity contribution in [2.24, 2.45) is 0 Å². The zero-order chi connectivity index (χ0) is 11.0. The summed E-state index contributed by atoms with van der Waals surface area (Å²) in [6, 6.07) is 8.26. The smallest absolute Gasteiger partial charge is 0.0649 e. The van der Waals surface area contributed by atoms with E-state index in [1.165, 1.54) is 11.3 Å². The molecule has 0 unspecified atom stereocenters. The first-order chi connectivity index (χ1) is 7.84. The Bertz CT molecular complexity index is 501. The van der Waals surface area contributed by atoms with Crippen molar-refractivity contribution in [3.05, 3.63) is 46.2 Å². The Balaban J connectivity index is 2.06. The Kier molecular flexibility index (Phi) is 2.53. The molecule has 0 atom stereocenters. The second-order valence-corrected chi connectivity index (χ2v) is 4.85. The summed E-state index contributed by atoms with van der Waals surface area (Å²) in [5.41, 5.74) is 3.78. The largest absolute Gasteiger partial charge is 0.312 e. The highest BCUT2D eigenvalue weighted by Crippen LogP contribution is 2.19. The van der Waals surface area contributed by atoms with Crippen molar-refractivity contribution in [1.82, 2.24) is 15.1 Å². The number of nitrogens with zero attached hydrogens (tertiary/aromatic N) is 2. The van der Waals surface area contributed by atoms with Crippen molar-refractivity contribution in [2.45, 2.75) is 13.0 Å². The summed E-state index contributed by atoms with van der Waals surface area (Å²) in [4.78, 5) is 0. The van der Waals surface area contributed by atoms with Crippen molar-refractivity contribution < 1.29 is 0 Å². The van der Waals surface area contributed by atoms with Crippen LogP contribution in [-0.4, -0.2) is 16.3 Å². The van der Waals surface area contributed by atoms with Gasteiger partial charge in [0.2, 0.25) is 0 Å². The molecule has 0 saturated carbocycles. The first-order valence-electron chi connectivity index (χ1n) is 5.37. The zero-order valence-electron chi connectivity index (χ0n) is 8.78. The van der Waals surface area contributed by atoms with Gasteiger partial charge in [-0.05, 0) is 24.3 Å². The van der Waals surface area contributed by atoms with E-state index in [0.29, 0.717) is 0 Å². The van der Waals surface area contributed by atoms with E-state index in [2.05, 4.69) is 38.5 Å². The van der Waals surface area contributed by atoms with Gasteiger partial charge in [-0.2, -0.15) is 5.10 Å². The number of hydrogen-bond acceptors (Lipinski definition) is 2. The molecule has 0 radical (unpaired) electrons. The van der Waals surface area contributed by atoms with Gasteiger partial charge < -0.3 is 5.32 Å². The van der Waals surface area contributed by atoms with Gasteiger partial charge >= 0.3 is 0 Å². The highest BCUT2D eigenvalue weighted by atomic mass is 79.9. The maximum absolute atomic E-state index is 4.46. The standard InChI is InChI=1S/C12H12BrN3/c13-10-1-3-11(4-2-10)16-12-5-6-14-7-9(12)8-15-16/h1-4,8,14H,5-7H2. The van der Waals surface area contributed by atoms with Gasteiger partial charge in [0.05, 0.1) is 11.9 Å². The first kappa shape index (κ1) is 10.1. The van der Waals surface area contributed by atoms with Crippen LogP contribution in [0.5, 0.6) is 0 Å². The van der Waals surface area contributed by atoms with Crippen molar-refractivity contribution in [3.8, 4) is 5.69 Å². The van der Waals surface area contributed by atoms with E-state index in [1.807, 2.05) is 23.0 Å². The molecule has 1 aliphatic rings. The van der Waals surface area contributed by atoms with Gasteiger partial charge in [-0.15, -0.1) is 0 Å². The molecule has 4 heteroatoms. The average Bonchev–Trinajstić information content (AvgIpc) is 2.74. The monoisotopic (exact) mass is 277 g/mol.